The first-order valence-electron chi connectivity index (χ1n) is 3.70. The Morgan fingerprint density at radius 1 is 1.82 bits per heavy atom. The van der Waals surface area contributed by atoms with Gasteiger partial charge in [0.2, 0.25) is 5.91 Å². The zero-order valence-corrected chi connectivity index (χ0v) is 8.33. The van der Waals surface area contributed by atoms with Crippen molar-refractivity contribution in [2.75, 3.05) is 24.3 Å². The topological polar surface area (TPSA) is 20.3 Å². The lowest BCUT2D eigenvalue weighted by molar-refractivity contribution is -0.128. The third-order valence-electron chi connectivity index (χ3n) is 1.98. The van der Waals surface area contributed by atoms with E-state index in [0.717, 1.165) is 12.2 Å². The molecule has 2 nitrogen and oxygen atoms in total. The first-order chi connectivity index (χ1) is 5.25. The third-order valence-corrected chi connectivity index (χ3v) is 3.40. The number of carbonyl (C=O) groups is 1. The maximum absolute atomic E-state index is 11.1. The van der Waals surface area contributed by atoms with Gasteiger partial charge in [0.1, 0.15) is 0 Å². The molecule has 0 radical (unpaired) electrons. The fraction of sp³-hybridized carbons (Fsp3) is 0.857. The van der Waals surface area contributed by atoms with Crippen molar-refractivity contribution in [3.05, 3.63) is 0 Å². The van der Waals surface area contributed by atoms with Crippen molar-refractivity contribution in [2.24, 2.45) is 0 Å². The molecule has 1 aliphatic rings. The third kappa shape index (κ3) is 2.30. The summed E-state index contributed by atoms with van der Waals surface area (Å²) in [4.78, 5) is 13.0. The number of thioether (sulfide) groups is 1. The van der Waals surface area contributed by atoms with Gasteiger partial charge in [-0.05, 0) is 12.2 Å². The minimum Gasteiger partial charge on any atom is -0.341 e. The molecule has 64 valence electrons. The highest BCUT2D eigenvalue weighted by Gasteiger charge is 2.22. The molecule has 0 bridgehead atoms. The molecule has 1 fully saturated rings. The lowest BCUT2D eigenvalue weighted by Gasteiger charge is -2.22. The van der Waals surface area contributed by atoms with Gasteiger partial charge in [0.05, 0.1) is 5.75 Å². The molecule has 0 spiro atoms. The van der Waals surface area contributed by atoms with E-state index in [2.05, 4.69) is 12.6 Å². The molecule has 1 amide bonds. The molecule has 0 aromatic heterocycles. The molecule has 0 saturated carbocycles. The number of carbonyl (C=O) groups excluding carboxylic acids is 1. The fourth-order valence-electron chi connectivity index (χ4n) is 1.14. The Kier molecular flexibility index (Phi) is 3.59. The first-order valence-corrected chi connectivity index (χ1v) is 5.48. The van der Waals surface area contributed by atoms with E-state index in [0.29, 0.717) is 11.8 Å². The van der Waals surface area contributed by atoms with Crippen LogP contribution in [0.25, 0.3) is 0 Å². The van der Waals surface area contributed by atoms with E-state index < -0.39 is 0 Å². The van der Waals surface area contributed by atoms with Crippen LogP contribution in [0, 0.1) is 0 Å². The van der Waals surface area contributed by atoms with E-state index in [1.807, 2.05) is 23.7 Å². The Morgan fingerprint density at radius 2 is 2.55 bits per heavy atom. The van der Waals surface area contributed by atoms with Crippen LogP contribution in [0.15, 0.2) is 0 Å². The monoisotopic (exact) mass is 191 g/mol. The van der Waals surface area contributed by atoms with Gasteiger partial charge in [0, 0.05) is 18.8 Å². The summed E-state index contributed by atoms with van der Waals surface area (Å²) in [5.41, 5.74) is 0. The van der Waals surface area contributed by atoms with Crippen LogP contribution < -0.4 is 0 Å². The van der Waals surface area contributed by atoms with Crippen molar-refractivity contribution in [1.82, 2.24) is 4.90 Å². The first kappa shape index (κ1) is 9.26. The van der Waals surface area contributed by atoms with Crippen LogP contribution in [-0.2, 0) is 4.79 Å². The Bertz CT molecular complexity index is 145. The largest absolute Gasteiger partial charge is 0.341 e. The highest BCUT2D eigenvalue weighted by molar-refractivity contribution is 7.99. The van der Waals surface area contributed by atoms with E-state index in [1.165, 1.54) is 5.75 Å². The highest BCUT2D eigenvalue weighted by atomic mass is 32.2. The average Bonchev–Trinajstić information content (AvgIpc) is 2.53. The quantitative estimate of drug-likeness (QED) is 0.654. The second kappa shape index (κ2) is 4.26. The molecule has 1 atom stereocenters. The summed E-state index contributed by atoms with van der Waals surface area (Å²) in [7, 11) is 1.87. The van der Waals surface area contributed by atoms with Crippen molar-refractivity contribution in [2.45, 2.75) is 12.5 Å². The molecule has 0 aromatic rings. The van der Waals surface area contributed by atoms with Gasteiger partial charge in [-0.15, -0.1) is 0 Å². The summed E-state index contributed by atoms with van der Waals surface area (Å²) in [6, 6.07) is 0.458. The number of hydrogen-bond donors (Lipinski definition) is 1. The van der Waals surface area contributed by atoms with Crippen LogP contribution in [-0.4, -0.2) is 41.2 Å². The number of hydrogen-bond acceptors (Lipinski definition) is 3. The number of thiol groups is 1. The Morgan fingerprint density at radius 3 is 3.00 bits per heavy atom. The zero-order valence-electron chi connectivity index (χ0n) is 6.62. The van der Waals surface area contributed by atoms with Crippen molar-refractivity contribution in [3.8, 4) is 0 Å². The van der Waals surface area contributed by atoms with Crippen LogP contribution in [0.1, 0.15) is 6.42 Å². The molecule has 0 aromatic carbocycles. The second-order valence-corrected chi connectivity index (χ2v) is 4.15. The van der Waals surface area contributed by atoms with Crippen LogP contribution in [0.2, 0.25) is 0 Å². The van der Waals surface area contributed by atoms with E-state index in [4.69, 9.17) is 0 Å². The maximum atomic E-state index is 11.1. The van der Waals surface area contributed by atoms with Gasteiger partial charge < -0.3 is 4.90 Å². The normalized spacial score (nSPS) is 23.6. The molecular formula is C7H13NOS2. The molecular weight excluding hydrogens is 178 g/mol. The summed E-state index contributed by atoms with van der Waals surface area (Å²) in [5, 5.41) is 0. The Hall–Kier alpha value is 0.170. The van der Waals surface area contributed by atoms with Crippen molar-refractivity contribution in [3.63, 3.8) is 0 Å². The van der Waals surface area contributed by atoms with Crippen LogP contribution >= 0.6 is 24.4 Å². The number of amides is 1. The predicted octanol–water partition coefficient (Wildman–Crippen LogP) is 0.880. The van der Waals surface area contributed by atoms with Crippen molar-refractivity contribution >= 4 is 30.3 Å². The van der Waals surface area contributed by atoms with Crippen LogP contribution in [0.4, 0.5) is 0 Å². The molecule has 11 heavy (non-hydrogen) atoms. The van der Waals surface area contributed by atoms with Gasteiger partial charge in [-0.3, -0.25) is 4.79 Å². The lowest BCUT2D eigenvalue weighted by Crippen LogP contribution is -2.37. The fourth-order valence-corrected chi connectivity index (χ4v) is 2.63. The molecule has 0 aliphatic carbocycles. The minimum atomic E-state index is 0.140. The maximum Gasteiger partial charge on any atom is 0.232 e. The van der Waals surface area contributed by atoms with E-state index in [-0.39, 0.29) is 5.91 Å². The summed E-state index contributed by atoms with van der Waals surface area (Å²) in [5.74, 6) is 2.75. The van der Waals surface area contributed by atoms with Gasteiger partial charge in [-0.25, -0.2) is 0 Å². The van der Waals surface area contributed by atoms with Crippen LogP contribution in [0.3, 0.4) is 0 Å². The van der Waals surface area contributed by atoms with E-state index in [1.54, 1.807) is 0 Å². The second-order valence-electron chi connectivity index (χ2n) is 2.68. The number of rotatable bonds is 2. The summed E-state index contributed by atoms with van der Waals surface area (Å²) < 4.78 is 0. The summed E-state index contributed by atoms with van der Waals surface area (Å²) >= 11 is 5.87. The lowest BCUT2D eigenvalue weighted by atomic mass is 10.2. The van der Waals surface area contributed by atoms with Gasteiger partial charge in [0.15, 0.2) is 0 Å². The molecule has 4 heteroatoms. The Balaban J connectivity index is 2.39. The van der Waals surface area contributed by atoms with Crippen LogP contribution in [0.5, 0.6) is 0 Å². The van der Waals surface area contributed by atoms with Gasteiger partial charge in [-0.2, -0.15) is 24.4 Å². The molecule has 1 unspecified atom stereocenters. The summed E-state index contributed by atoms with van der Waals surface area (Å²) in [6.45, 7) is 0. The minimum absolute atomic E-state index is 0.140. The molecule has 1 heterocycles. The summed E-state index contributed by atoms with van der Waals surface area (Å²) in [6.07, 6.45) is 1.14. The molecule has 1 aliphatic heterocycles. The molecule has 1 saturated heterocycles. The van der Waals surface area contributed by atoms with E-state index >= 15 is 0 Å². The molecule has 1 rings (SSSR count). The smallest absolute Gasteiger partial charge is 0.232 e. The van der Waals surface area contributed by atoms with Gasteiger partial charge in [-0.1, -0.05) is 0 Å². The van der Waals surface area contributed by atoms with Gasteiger partial charge in [0.25, 0.3) is 0 Å². The Labute approximate surface area is 77.1 Å². The number of nitrogens with zero attached hydrogens (tertiary/aromatic N) is 1. The van der Waals surface area contributed by atoms with Crippen molar-refractivity contribution in [1.29, 1.82) is 0 Å². The predicted molar refractivity (Wildman–Crippen MR) is 52.4 cm³/mol. The SMILES string of the molecule is CN(C(=O)CS)C1CCSC1. The molecule has 0 N–H and O–H groups in total. The zero-order chi connectivity index (χ0) is 8.27. The van der Waals surface area contributed by atoms with Crippen molar-refractivity contribution < 1.29 is 4.79 Å². The average molecular weight is 191 g/mol. The van der Waals surface area contributed by atoms with E-state index in [9.17, 15) is 4.79 Å². The van der Waals surface area contributed by atoms with Gasteiger partial charge >= 0.3 is 0 Å². The highest BCUT2D eigenvalue weighted by Crippen LogP contribution is 2.21. The standard InChI is InChI=1S/C7H13NOS2/c1-8(7(9)4-10)6-2-3-11-5-6/h6,10H,2-5H2,1H3.